The number of hydrogen-bond acceptors (Lipinski definition) is 3. The molecule has 3 fully saturated rings. The predicted octanol–water partition coefficient (Wildman–Crippen LogP) is 4.52. The average Bonchev–Trinajstić information content (AvgIpc) is 3.45. The minimum absolute atomic E-state index is 0.678. The van der Waals surface area contributed by atoms with Crippen LogP contribution in [0.1, 0.15) is 67.2 Å². The molecule has 0 bridgehead atoms. The third-order valence-corrected chi connectivity index (χ3v) is 4.61. The fourth-order valence-electron chi connectivity index (χ4n) is 2.81. The standard InChI is InChI=1S/C9H17NO.C7H15N.2C2H6/c1-9(2-3-9)8-10-4-6-11-7-5-10;1-7(4-5-7)6-8(2)3;2*1-2/h2-8H2,1H3;4-6H2,1-3H3;2*1-2H3. The topological polar surface area (TPSA) is 15.7 Å². The summed E-state index contributed by atoms with van der Waals surface area (Å²) in [7, 11) is 4.28. The Kier molecular flexibility index (Phi) is 11.4. The molecule has 0 aromatic rings. The Morgan fingerprint density at radius 2 is 1.26 bits per heavy atom. The normalized spacial score (nSPS) is 23.3. The van der Waals surface area contributed by atoms with Gasteiger partial charge in [-0.15, -0.1) is 0 Å². The summed E-state index contributed by atoms with van der Waals surface area (Å²) >= 11 is 0. The van der Waals surface area contributed by atoms with Crippen molar-refractivity contribution < 1.29 is 4.74 Å². The van der Waals surface area contributed by atoms with Crippen molar-refractivity contribution in [1.29, 1.82) is 0 Å². The second-order valence-corrected chi connectivity index (χ2v) is 7.75. The zero-order valence-electron chi connectivity index (χ0n) is 17.4. The summed E-state index contributed by atoms with van der Waals surface area (Å²) in [6.07, 6.45) is 5.74. The van der Waals surface area contributed by atoms with Crippen molar-refractivity contribution >= 4 is 0 Å². The van der Waals surface area contributed by atoms with Gasteiger partial charge in [-0.05, 0) is 50.6 Å². The molecule has 0 N–H and O–H groups in total. The first-order valence-electron chi connectivity index (χ1n) is 9.86. The third kappa shape index (κ3) is 11.1. The van der Waals surface area contributed by atoms with Crippen LogP contribution in [0.4, 0.5) is 0 Å². The average molecular weight is 329 g/mol. The van der Waals surface area contributed by atoms with Crippen LogP contribution in [0.2, 0.25) is 0 Å². The summed E-state index contributed by atoms with van der Waals surface area (Å²) in [6.45, 7) is 19.5. The van der Waals surface area contributed by atoms with E-state index >= 15 is 0 Å². The lowest BCUT2D eigenvalue weighted by molar-refractivity contribution is 0.0298. The molecule has 3 heteroatoms. The van der Waals surface area contributed by atoms with E-state index in [2.05, 4.69) is 37.7 Å². The first-order chi connectivity index (χ1) is 10.9. The maximum absolute atomic E-state index is 5.29. The zero-order chi connectivity index (χ0) is 17.9. The Bertz CT molecular complexity index is 277. The van der Waals surface area contributed by atoms with E-state index in [0.29, 0.717) is 10.8 Å². The molecule has 2 saturated carbocycles. The van der Waals surface area contributed by atoms with Crippen LogP contribution in [0.25, 0.3) is 0 Å². The second kappa shape index (κ2) is 11.4. The maximum atomic E-state index is 5.29. The van der Waals surface area contributed by atoms with Gasteiger partial charge < -0.3 is 9.64 Å². The van der Waals surface area contributed by atoms with E-state index < -0.39 is 0 Å². The molecule has 140 valence electrons. The molecule has 0 aromatic heterocycles. The molecule has 0 spiro atoms. The molecule has 1 aliphatic heterocycles. The summed E-state index contributed by atoms with van der Waals surface area (Å²) < 4.78 is 5.29. The van der Waals surface area contributed by atoms with Gasteiger partial charge in [0.25, 0.3) is 0 Å². The van der Waals surface area contributed by atoms with E-state index in [4.69, 9.17) is 4.74 Å². The largest absolute Gasteiger partial charge is 0.379 e. The number of rotatable bonds is 4. The van der Waals surface area contributed by atoms with Crippen molar-refractivity contribution in [1.82, 2.24) is 9.80 Å². The molecule has 1 heterocycles. The van der Waals surface area contributed by atoms with Crippen molar-refractivity contribution in [2.75, 3.05) is 53.5 Å². The van der Waals surface area contributed by atoms with E-state index in [-0.39, 0.29) is 0 Å². The molecule has 0 radical (unpaired) electrons. The zero-order valence-corrected chi connectivity index (χ0v) is 17.4. The molecule has 3 nitrogen and oxygen atoms in total. The fraction of sp³-hybridized carbons (Fsp3) is 1.00. The molecule has 0 aromatic carbocycles. The minimum Gasteiger partial charge on any atom is -0.379 e. The Labute approximate surface area is 146 Å². The summed E-state index contributed by atoms with van der Waals surface area (Å²) in [5, 5.41) is 0. The molecule has 3 aliphatic rings. The van der Waals surface area contributed by atoms with E-state index in [1.54, 1.807) is 0 Å². The minimum atomic E-state index is 0.678. The van der Waals surface area contributed by atoms with E-state index in [0.717, 1.165) is 26.3 Å². The van der Waals surface area contributed by atoms with Crippen molar-refractivity contribution in [2.45, 2.75) is 67.2 Å². The highest BCUT2D eigenvalue weighted by Gasteiger charge is 2.38. The lowest BCUT2D eigenvalue weighted by atomic mass is 10.1. The van der Waals surface area contributed by atoms with Crippen molar-refractivity contribution in [3.05, 3.63) is 0 Å². The lowest BCUT2D eigenvalue weighted by Crippen LogP contribution is -2.39. The molecule has 1 saturated heterocycles. The van der Waals surface area contributed by atoms with Gasteiger partial charge in [0.1, 0.15) is 0 Å². The highest BCUT2D eigenvalue weighted by atomic mass is 16.5. The van der Waals surface area contributed by atoms with Gasteiger partial charge in [-0.3, -0.25) is 4.90 Å². The Hall–Kier alpha value is -0.120. The van der Waals surface area contributed by atoms with Gasteiger partial charge >= 0.3 is 0 Å². The van der Waals surface area contributed by atoms with Gasteiger partial charge in [0, 0.05) is 26.2 Å². The van der Waals surface area contributed by atoms with Gasteiger partial charge in [0.05, 0.1) is 13.2 Å². The second-order valence-electron chi connectivity index (χ2n) is 7.75. The van der Waals surface area contributed by atoms with E-state index in [1.165, 1.54) is 38.8 Å². The molecule has 0 amide bonds. The molecular weight excluding hydrogens is 284 g/mol. The van der Waals surface area contributed by atoms with Crippen LogP contribution in [0.15, 0.2) is 0 Å². The highest BCUT2D eigenvalue weighted by molar-refractivity contribution is 4.91. The Morgan fingerprint density at radius 3 is 1.57 bits per heavy atom. The number of nitrogens with zero attached hydrogens (tertiary/aromatic N) is 2. The SMILES string of the molecule is CC.CC.CC1(CN2CCOCC2)CC1.CN(C)CC1(C)CC1. The van der Waals surface area contributed by atoms with Gasteiger partial charge in [-0.1, -0.05) is 41.5 Å². The molecule has 3 rings (SSSR count). The van der Waals surface area contributed by atoms with Crippen LogP contribution in [0.3, 0.4) is 0 Å². The van der Waals surface area contributed by atoms with Crippen LogP contribution in [-0.4, -0.2) is 63.3 Å². The van der Waals surface area contributed by atoms with Gasteiger partial charge in [-0.25, -0.2) is 0 Å². The third-order valence-electron chi connectivity index (χ3n) is 4.61. The quantitative estimate of drug-likeness (QED) is 0.754. The monoisotopic (exact) mass is 328 g/mol. The molecular formula is C20H44N2O. The Balaban J connectivity index is 0.000000358. The van der Waals surface area contributed by atoms with Gasteiger partial charge in [-0.2, -0.15) is 0 Å². The first kappa shape index (κ1) is 22.9. The lowest BCUT2D eigenvalue weighted by Gasteiger charge is -2.28. The van der Waals surface area contributed by atoms with Crippen LogP contribution >= 0.6 is 0 Å². The van der Waals surface area contributed by atoms with Crippen LogP contribution in [-0.2, 0) is 4.74 Å². The smallest absolute Gasteiger partial charge is 0.0594 e. The number of morpholine rings is 1. The maximum Gasteiger partial charge on any atom is 0.0594 e. The summed E-state index contributed by atoms with van der Waals surface area (Å²) in [4.78, 5) is 4.81. The van der Waals surface area contributed by atoms with Crippen molar-refractivity contribution in [2.24, 2.45) is 10.8 Å². The van der Waals surface area contributed by atoms with Crippen LogP contribution in [0.5, 0.6) is 0 Å². The molecule has 2 aliphatic carbocycles. The molecule has 23 heavy (non-hydrogen) atoms. The van der Waals surface area contributed by atoms with Crippen molar-refractivity contribution in [3.8, 4) is 0 Å². The molecule has 0 unspecified atom stereocenters. The predicted molar refractivity (Wildman–Crippen MR) is 103 cm³/mol. The summed E-state index contributed by atoms with van der Waals surface area (Å²) in [5.41, 5.74) is 1.38. The fourth-order valence-corrected chi connectivity index (χ4v) is 2.81. The number of ether oxygens (including phenoxy) is 1. The Morgan fingerprint density at radius 1 is 0.826 bits per heavy atom. The molecule has 0 atom stereocenters. The summed E-state index contributed by atoms with van der Waals surface area (Å²) in [6, 6.07) is 0. The van der Waals surface area contributed by atoms with Crippen LogP contribution < -0.4 is 0 Å². The van der Waals surface area contributed by atoms with Gasteiger partial charge in [0.15, 0.2) is 0 Å². The van der Waals surface area contributed by atoms with Crippen molar-refractivity contribution in [3.63, 3.8) is 0 Å². The number of hydrogen-bond donors (Lipinski definition) is 0. The highest BCUT2D eigenvalue weighted by Crippen LogP contribution is 2.45. The van der Waals surface area contributed by atoms with Gasteiger partial charge in [0.2, 0.25) is 0 Å². The van der Waals surface area contributed by atoms with E-state index in [1.807, 2.05) is 27.7 Å². The van der Waals surface area contributed by atoms with Crippen LogP contribution in [0, 0.1) is 10.8 Å². The van der Waals surface area contributed by atoms with E-state index in [9.17, 15) is 0 Å². The summed E-state index contributed by atoms with van der Waals surface area (Å²) in [5.74, 6) is 0. The first-order valence-corrected chi connectivity index (χ1v) is 9.86.